The highest BCUT2D eigenvalue weighted by atomic mass is 15.1. The van der Waals surface area contributed by atoms with Crippen molar-refractivity contribution >= 4 is 0 Å². The van der Waals surface area contributed by atoms with Crippen LogP contribution < -0.4 is 5.32 Å². The van der Waals surface area contributed by atoms with Gasteiger partial charge in [-0.15, -0.1) is 0 Å². The summed E-state index contributed by atoms with van der Waals surface area (Å²) in [5.74, 6) is 0.766. The molecular weight excluding hydrogens is 184 g/mol. The van der Waals surface area contributed by atoms with Crippen LogP contribution in [-0.2, 0) is 0 Å². The lowest BCUT2D eigenvalue weighted by atomic mass is 10.0. The van der Waals surface area contributed by atoms with E-state index < -0.39 is 0 Å². The number of likely N-dealkylation sites (tertiary alicyclic amines) is 1. The van der Waals surface area contributed by atoms with Crippen molar-refractivity contribution in [3.05, 3.63) is 0 Å². The van der Waals surface area contributed by atoms with Crippen molar-refractivity contribution in [2.45, 2.75) is 52.5 Å². The highest BCUT2D eigenvalue weighted by Crippen LogP contribution is 2.11. The van der Waals surface area contributed by atoms with Gasteiger partial charge in [-0.2, -0.15) is 0 Å². The number of piperidine rings is 1. The minimum absolute atomic E-state index is 0.260. The molecular formula is C13H28N2. The second-order valence-electron chi connectivity index (χ2n) is 6.10. The van der Waals surface area contributed by atoms with Crippen LogP contribution in [0.15, 0.2) is 0 Å². The van der Waals surface area contributed by atoms with Crippen LogP contribution in [0.4, 0.5) is 0 Å². The fraction of sp³-hybridized carbons (Fsp3) is 1.00. The van der Waals surface area contributed by atoms with Gasteiger partial charge in [0.2, 0.25) is 0 Å². The Bertz CT molecular complexity index is 166. The fourth-order valence-corrected chi connectivity index (χ4v) is 2.13. The Morgan fingerprint density at radius 2 is 1.73 bits per heavy atom. The van der Waals surface area contributed by atoms with Gasteiger partial charge in [0, 0.05) is 12.1 Å². The predicted molar refractivity (Wildman–Crippen MR) is 67.2 cm³/mol. The molecule has 0 aromatic rings. The molecule has 1 atom stereocenters. The first-order valence-electron chi connectivity index (χ1n) is 6.45. The molecule has 0 saturated carbocycles. The van der Waals surface area contributed by atoms with Crippen molar-refractivity contribution in [3.8, 4) is 0 Å². The molecule has 0 spiro atoms. The van der Waals surface area contributed by atoms with E-state index in [1.165, 1.54) is 38.9 Å². The van der Waals surface area contributed by atoms with Crippen molar-refractivity contribution in [1.82, 2.24) is 10.2 Å². The molecule has 0 aromatic heterocycles. The molecule has 2 heteroatoms. The maximum atomic E-state index is 3.58. The zero-order valence-corrected chi connectivity index (χ0v) is 11.0. The second-order valence-corrected chi connectivity index (χ2v) is 6.10. The minimum Gasteiger partial charge on any atom is -0.312 e. The van der Waals surface area contributed by atoms with Crippen LogP contribution in [-0.4, -0.2) is 36.6 Å². The zero-order chi connectivity index (χ0) is 11.3. The number of hydrogen-bond donors (Lipinski definition) is 1. The summed E-state index contributed by atoms with van der Waals surface area (Å²) in [7, 11) is 0. The molecule has 1 rings (SSSR count). The van der Waals surface area contributed by atoms with E-state index in [1.807, 2.05) is 0 Å². The topological polar surface area (TPSA) is 15.3 Å². The van der Waals surface area contributed by atoms with Crippen LogP contribution in [0.5, 0.6) is 0 Å². The van der Waals surface area contributed by atoms with Crippen LogP contribution >= 0.6 is 0 Å². The molecule has 1 heterocycles. The first kappa shape index (κ1) is 13.0. The van der Waals surface area contributed by atoms with E-state index in [1.54, 1.807) is 0 Å². The van der Waals surface area contributed by atoms with Gasteiger partial charge in [-0.05, 0) is 59.2 Å². The third-order valence-electron chi connectivity index (χ3n) is 3.00. The molecule has 1 unspecified atom stereocenters. The number of nitrogens with zero attached hydrogens (tertiary/aromatic N) is 1. The van der Waals surface area contributed by atoms with Gasteiger partial charge in [0.25, 0.3) is 0 Å². The van der Waals surface area contributed by atoms with E-state index in [9.17, 15) is 0 Å². The maximum absolute atomic E-state index is 3.58. The Balaban J connectivity index is 2.14. The first-order valence-corrected chi connectivity index (χ1v) is 6.45. The van der Waals surface area contributed by atoms with Crippen LogP contribution in [0.3, 0.4) is 0 Å². The summed E-state index contributed by atoms with van der Waals surface area (Å²) in [5, 5.41) is 3.58. The lowest BCUT2D eigenvalue weighted by molar-refractivity contribution is 0.194. The maximum Gasteiger partial charge on any atom is 0.00966 e. The molecule has 2 nitrogen and oxygen atoms in total. The number of hydrogen-bond acceptors (Lipinski definition) is 2. The smallest absolute Gasteiger partial charge is 0.00966 e. The summed E-state index contributed by atoms with van der Waals surface area (Å²) in [4.78, 5) is 2.62. The van der Waals surface area contributed by atoms with Crippen molar-refractivity contribution in [2.24, 2.45) is 5.92 Å². The molecule has 15 heavy (non-hydrogen) atoms. The molecule has 0 aromatic carbocycles. The van der Waals surface area contributed by atoms with Gasteiger partial charge in [-0.25, -0.2) is 0 Å². The van der Waals surface area contributed by atoms with Gasteiger partial charge in [0.05, 0.1) is 0 Å². The molecule has 0 amide bonds. The molecule has 1 fully saturated rings. The van der Waals surface area contributed by atoms with E-state index in [0.717, 1.165) is 12.5 Å². The van der Waals surface area contributed by atoms with Gasteiger partial charge >= 0.3 is 0 Å². The summed E-state index contributed by atoms with van der Waals surface area (Å²) < 4.78 is 0. The summed E-state index contributed by atoms with van der Waals surface area (Å²) in [6, 6.07) is 0. The van der Waals surface area contributed by atoms with Crippen LogP contribution in [0.25, 0.3) is 0 Å². The molecule has 1 N–H and O–H groups in total. The lowest BCUT2D eigenvalue weighted by Crippen LogP contribution is -2.42. The van der Waals surface area contributed by atoms with E-state index in [0.29, 0.717) is 0 Å². The Morgan fingerprint density at radius 1 is 1.13 bits per heavy atom. The van der Waals surface area contributed by atoms with Crippen molar-refractivity contribution in [2.75, 3.05) is 26.2 Å². The van der Waals surface area contributed by atoms with Gasteiger partial charge in [-0.1, -0.05) is 13.3 Å². The fourth-order valence-electron chi connectivity index (χ4n) is 2.13. The Labute approximate surface area is 95.4 Å². The normalized spacial score (nSPS) is 21.6. The van der Waals surface area contributed by atoms with Gasteiger partial charge in [-0.3, -0.25) is 0 Å². The zero-order valence-electron chi connectivity index (χ0n) is 11.0. The van der Waals surface area contributed by atoms with Gasteiger partial charge < -0.3 is 10.2 Å². The third-order valence-corrected chi connectivity index (χ3v) is 3.00. The van der Waals surface area contributed by atoms with Crippen molar-refractivity contribution in [3.63, 3.8) is 0 Å². The summed E-state index contributed by atoms with van der Waals surface area (Å²) in [5.41, 5.74) is 0.260. The van der Waals surface area contributed by atoms with Crippen LogP contribution in [0, 0.1) is 5.92 Å². The average Bonchev–Trinajstić information content (AvgIpc) is 2.15. The second kappa shape index (κ2) is 5.86. The Kier molecular flexibility index (Phi) is 5.07. The van der Waals surface area contributed by atoms with Crippen LogP contribution in [0.2, 0.25) is 0 Å². The van der Waals surface area contributed by atoms with Gasteiger partial charge in [0.15, 0.2) is 0 Å². The Morgan fingerprint density at radius 3 is 2.27 bits per heavy atom. The van der Waals surface area contributed by atoms with E-state index in [2.05, 4.69) is 37.9 Å². The standard InChI is InChI=1S/C13H28N2/c1-12(10-14-13(2,3)4)11-15-8-6-5-7-9-15/h12,14H,5-11H2,1-4H3. The molecule has 0 bridgehead atoms. The highest BCUT2D eigenvalue weighted by Gasteiger charge is 2.15. The monoisotopic (exact) mass is 212 g/mol. The van der Waals surface area contributed by atoms with Crippen molar-refractivity contribution in [1.29, 1.82) is 0 Å². The van der Waals surface area contributed by atoms with Crippen molar-refractivity contribution < 1.29 is 0 Å². The SMILES string of the molecule is CC(CNC(C)(C)C)CN1CCCCC1. The molecule has 1 saturated heterocycles. The molecule has 1 aliphatic heterocycles. The lowest BCUT2D eigenvalue weighted by Gasteiger charge is -2.30. The van der Waals surface area contributed by atoms with E-state index >= 15 is 0 Å². The number of rotatable bonds is 4. The highest BCUT2D eigenvalue weighted by molar-refractivity contribution is 4.74. The minimum atomic E-state index is 0.260. The summed E-state index contributed by atoms with van der Waals surface area (Å²) in [6.45, 7) is 14.1. The Hall–Kier alpha value is -0.0800. The van der Waals surface area contributed by atoms with E-state index in [-0.39, 0.29) is 5.54 Å². The van der Waals surface area contributed by atoms with E-state index in [4.69, 9.17) is 0 Å². The van der Waals surface area contributed by atoms with Gasteiger partial charge in [0.1, 0.15) is 0 Å². The summed E-state index contributed by atoms with van der Waals surface area (Å²) in [6.07, 6.45) is 4.24. The average molecular weight is 212 g/mol. The molecule has 90 valence electrons. The first-order chi connectivity index (χ1) is 6.97. The third kappa shape index (κ3) is 6.16. The summed E-state index contributed by atoms with van der Waals surface area (Å²) >= 11 is 0. The van der Waals surface area contributed by atoms with Crippen LogP contribution in [0.1, 0.15) is 47.0 Å². The number of nitrogens with one attached hydrogen (secondary N) is 1. The molecule has 1 aliphatic rings. The quantitative estimate of drug-likeness (QED) is 0.770. The molecule has 0 radical (unpaired) electrons. The molecule has 0 aliphatic carbocycles. The largest absolute Gasteiger partial charge is 0.312 e. The predicted octanol–water partition coefficient (Wildman–Crippen LogP) is 2.50.